The molecule has 0 spiro atoms. The number of carbonyl (C=O) groups excluding carboxylic acids is 1. The van der Waals surface area contributed by atoms with E-state index in [4.69, 9.17) is 5.73 Å². The van der Waals surface area contributed by atoms with Crippen LogP contribution in [0.15, 0.2) is 30.3 Å². The highest BCUT2D eigenvalue weighted by molar-refractivity contribution is 5.82. The molecule has 3 nitrogen and oxygen atoms in total. The molecule has 2 N–H and O–H groups in total. The van der Waals surface area contributed by atoms with Gasteiger partial charge in [0, 0.05) is 12.6 Å². The Bertz CT molecular complexity index is 440. The molecule has 116 valence electrons. The Morgan fingerprint density at radius 3 is 2.48 bits per heavy atom. The van der Waals surface area contributed by atoms with Crippen LogP contribution in [-0.4, -0.2) is 29.4 Å². The summed E-state index contributed by atoms with van der Waals surface area (Å²) >= 11 is 0. The molecule has 0 saturated heterocycles. The van der Waals surface area contributed by atoms with E-state index in [0.29, 0.717) is 12.0 Å². The SMILES string of the molecule is CC(C)CCN(C(=O)[C@@H](N)CCc1ccccc1)C1CC1. The Kier molecular flexibility index (Phi) is 5.80. The molecule has 1 aliphatic rings. The van der Waals surface area contributed by atoms with Crippen LogP contribution in [0, 0.1) is 5.92 Å². The number of rotatable bonds is 8. The van der Waals surface area contributed by atoms with Crippen LogP contribution in [0.3, 0.4) is 0 Å². The van der Waals surface area contributed by atoms with E-state index in [1.54, 1.807) is 0 Å². The first-order chi connectivity index (χ1) is 10.1. The lowest BCUT2D eigenvalue weighted by Crippen LogP contribution is -2.45. The van der Waals surface area contributed by atoms with Crippen LogP contribution >= 0.6 is 0 Å². The average Bonchev–Trinajstić information content (AvgIpc) is 3.30. The van der Waals surface area contributed by atoms with E-state index in [2.05, 4.69) is 26.0 Å². The number of aryl methyl sites for hydroxylation is 1. The fourth-order valence-corrected chi connectivity index (χ4v) is 2.56. The van der Waals surface area contributed by atoms with E-state index < -0.39 is 0 Å². The van der Waals surface area contributed by atoms with Crippen molar-refractivity contribution in [3.05, 3.63) is 35.9 Å². The molecule has 2 rings (SSSR count). The number of hydrogen-bond donors (Lipinski definition) is 1. The van der Waals surface area contributed by atoms with E-state index in [-0.39, 0.29) is 11.9 Å². The van der Waals surface area contributed by atoms with Crippen molar-refractivity contribution < 1.29 is 4.79 Å². The minimum atomic E-state index is -0.363. The molecule has 1 saturated carbocycles. The van der Waals surface area contributed by atoms with Crippen LogP contribution in [-0.2, 0) is 11.2 Å². The van der Waals surface area contributed by atoms with Crippen molar-refractivity contribution >= 4 is 5.91 Å². The first-order valence-corrected chi connectivity index (χ1v) is 8.18. The summed E-state index contributed by atoms with van der Waals surface area (Å²) in [6.07, 6.45) is 4.96. The van der Waals surface area contributed by atoms with Crippen molar-refractivity contribution in [2.24, 2.45) is 11.7 Å². The van der Waals surface area contributed by atoms with Crippen LogP contribution in [0.4, 0.5) is 0 Å². The highest BCUT2D eigenvalue weighted by atomic mass is 16.2. The van der Waals surface area contributed by atoms with Crippen LogP contribution in [0.5, 0.6) is 0 Å². The first kappa shape index (κ1) is 16.0. The number of hydrogen-bond acceptors (Lipinski definition) is 2. The number of nitrogens with two attached hydrogens (primary N) is 1. The van der Waals surface area contributed by atoms with Crippen molar-refractivity contribution in [1.29, 1.82) is 0 Å². The van der Waals surface area contributed by atoms with Crippen molar-refractivity contribution in [1.82, 2.24) is 4.90 Å². The molecule has 0 aliphatic heterocycles. The zero-order chi connectivity index (χ0) is 15.2. The van der Waals surface area contributed by atoms with E-state index in [1.165, 1.54) is 5.56 Å². The number of amides is 1. The first-order valence-electron chi connectivity index (χ1n) is 8.18. The van der Waals surface area contributed by atoms with Gasteiger partial charge in [0.05, 0.1) is 6.04 Å². The minimum Gasteiger partial charge on any atom is -0.338 e. The molecular weight excluding hydrogens is 260 g/mol. The van der Waals surface area contributed by atoms with E-state index in [1.807, 2.05) is 23.1 Å². The predicted molar refractivity (Wildman–Crippen MR) is 86.9 cm³/mol. The van der Waals surface area contributed by atoms with Crippen molar-refractivity contribution in [2.75, 3.05) is 6.54 Å². The van der Waals surface area contributed by atoms with Gasteiger partial charge in [-0.25, -0.2) is 0 Å². The maximum Gasteiger partial charge on any atom is 0.239 e. The number of benzene rings is 1. The fourth-order valence-electron chi connectivity index (χ4n) is 2.56. The summed E-state index contributed by atoms with van der Waals surface area (Å²) in [7, 11) is 0. The van der Waals surface area contributed by atoms with Gasteiger partial charge in [-0.2, -0.15) is 0 Å². The lowest BCUT2D eigenvalue weighted by atomic mass is 10.0. The van der Waals surface area contributed by atoms with Gasteiger partial charge in [-0.1, -0.05) is 44.2 Å². The molecular formula is C18H28N2O. The van der Waals surface area contributed by atoms with Crippen molar-refractivity contribution in [3.8, 4) is 0 Å². The summed E-state index contributed by atoms with van der Waals surface area (Å²) < 4.78 is 0. The third kappa shape index (κ3) is 5.16. The Labute approximate surface area is 128 Å². The molecule has 1 amide bonds. The largest absolute Gasteiger partial charge is 0.338 e. The second-order valence-corrected chi connectivity index (χ2v) is 6.58. The van der Waals surface area contributed by atoms with Gasteiger partial charge in [0.2, 0.25) is 5.91 Å². The second-order valence-electron chi connectivity index (χ2n) is 6.58. The summed E-state index contributed by atoms with van der Waals surface area (Å²) in [5, 5.41) is 0. The lowest BCUT2D eigenvalue weighted by Gasteiger charge is -2.26. The molecule has 1 aromatic rings. The molecule has 0 bridgehead atoms. The third-order valence-electron chi connectivity index (χ3n) is 4.12. The predicted octanol–water partition coefficient (Wildman–Crippen LogP) is 2.98. The van der Waals surface area contributed by atoms with Gasteiger partial charge in [0.15, 0.2) is 0 Å². The molecule has 1 atom stereocenters. The molecule has 1 aromatic carbocycles. The monoisotopic (exact) mass is 288 g/mol. The lowest BCUT2D eigenvalue weighted by molar-refractivity contribution is -0.133. The zero-order valence-corrected chi connectivity index (χ0v) is 13.3. The van der Waals surface area contributed by atoms with Gasteiger partial charge < -0.3 is 10.6 Å². The van der Waals surface area contributed by atoms with Crippen molar-refractivity contribution in [3.63, 3.8) is 0 Å². The summed E-state index contributed by atoms with van der Waals surface area (Å²) in [4.78, 5) is 14.6. The minimum absolute atomic E-state index is 0.147. The highest BCUT2D eigenvalue weighted by Crippen LogP contribution is 2.28. The summed E-state index contributed by atoms with van der Waals surface area (Å²) in [5.74, 6) is 0.772. The van der Waals surface area contributed by atoms with Gasteiger partial charge in [-0.15, -0.1) is 0 Å². The van der Waals surface area contributed by atoms with Gasteiger partial charge >= 0.3 is 0 Å². The van der Waals surface area contributed by atoms with Gasteiger partial charge in [-0.3, -0.25) is 4.79 Å². The van der Waals surface area contributed by atoms with Crippen molar-refractivity contribution in [2.45, 2.75) is 58.0 Å². The zero-order valence-electron chi connectivity index (χ0n) is 13.3. The Morgan fingerprint density at radius 2 is 1.90 bits per heavy atom. The normalized spacial score (nSPS) is 16.0. The molecule has 21 heavy (non-hydrogen) atoms. The van der Waals surface area contributed by atoms with Crippen LogP contribution in [0.2, 0.25) is 0 Å². The maximum atomic E-state index is 12.6. The Balaban J connectivity index is 1.84. The van der Waals surface area contributed by atoms with Gasteiger partial charge in [0.25, 0.3) is 0 Å². The standard InChI is InChI=1S/C18H28N2O/c1-14(2)12-13-20(16-9-10-16)18(21)17(19)11-8-15-6-4-3-5-7-15/h3-7,14,16-17H,8-13,19H2,1-2H3/t17-/m0/s1. The molecule has 0 aromatic heterocycles. The van der Waals surface area contributed by atoms with Gasteiger partial charge in [0.1, 0.15) is 0 Å². The Morgan fingerprint density at radius 1 is 1.24 bits per heavy atom. The molecule has 0 unspecified atom stereocenters. The van der Waals surface area contributed by atoms with Crippen LogP contribution in [0.1, 0.15) is 45.1 Å². The topological polar surface area (TPSA) is 46.3 Å². The summed E-state index contributed by atoms with van der Waals surface area (Å²) in [6.45, 7) is 5.26. The molecule has 0 heterocycles. The van der Waals surface area contributed by atoms with Gasteiger partial charge in [-0.05, 0) is 43.6 Å². The third-order valence-corrected chi connectivity index (χ3v) is 4.12. The fraction of sp³-hybridized carbons (Fsp3) is 0.611. The van der Waals surface area contributed by atoms with E-state index in [0.717, 1.165) is 38.6 Å². The van der Waals surface area contributed by atoms with Crippen LogP contribution in [0.25, 0.3) is 0 Å². The van der Waals surface area contributed by atoms with Crippen LogP contribution < -0.4 is 5.73 Å². The second kappa shape index (κ2) is 7.60. The maximum absolute atomic E-state index is 12.6. The number of carbonyl (C=O) groups is 1. The average molecular weight is 288 g/mol. The smallest absolute Gasteiger partial charge is 0.239 e. The number of nitrogens with zero attached hydrogens (tertiary/aromatic N) is 1. The highest BCUT2D eigenvalue weighted by Gasteiger charge is 2.34. The van der Waals surface area contributed by atoms with E-state index >= 15 is 0 Å². The molecule has 1 fully saturated rings. The van der Waals surface area contributed by atoms with E-state index in [9.17, 15) is 4.79 Å². The molecule has 0 radical (unpaired) electrons. The quantitative estimate of drug-likeness (QED) is 0.799. The summed E-state index contributed by atoms with van der Waals surface area (Å²) in [5.41, 5.74) is 7.40. The Hall–Kier alpha value is -1.35. The summed E-state index contributed by atoms with van der Waals surface area (Å²) in [6, 6.07) is 10.3. The molecule has 1 aliphatic carbocycles. The molecule has 3 heteroatoms.